The molecule has 0 aromatic heterocycles. The third-order valence-corrected chi connectivity index (χ3v) is 9.09. The Bertz CT molecular complexity index is 407. The number of aliphatic hydroxyl groups excluding tert-OH is 2. The SMILES string of the molecule is CO[C@H]1O[C@H](CO[Si](C)(C)C(C)(C)C)[C@H](OC(C)=O)[C@H](O)[C@H]1O. The topological polar surface area (TPSA) is 94.5 Å². The van der Waals surface area contributed by atoms with Crippen molar-refractivity contribution in [2.24, 2.45) is 0 Å². The van der Waals surface area contributed by atoms with E-state index in [4.69, 9.17) is 18.6 Å². The molecule has 1 aliphatic rings. The van der Waals surface area contributed by atoms with Gasteiger partial charge in [-0.3, -0.25) is 4.79 Å². The number of aliphatic hydroxyl groups is 2. The van der Waals surface area contributed by atoms with Crippen molar-refractivity contribution in [2.45, 2.75) is 76.5 Å². The van der Waals surface area contributed by atoms with Crippen LogP contribution in [0.3, 0.4) is 0 Å². The molecule has 0 aromatic carbocycles. The zero-order chi connectivity index (χ0) is 18.0. The molecular weight excluding hydrogens is 320 g/mol. The first-order valence-corrected chi connectivity index (χ1v) is 10.7. The second-order valence-electron chi connectivity index (χ2n) is 7.41. The Morgan fingerprint density at radius 2 is 1.78 bits per heavy atom. The van der Waals surface area contributed by atoms with E-state index >= 15 is 0 Å². The largest absolute Gasteiger partial charge is 0.457 e. The first-order chi connectivity index (χ1) is 10.4. The fourth-order valence-electron chi connectivity index (χ4n) is 2.08. The zero-order valence-electron chi connectivity index (χ0n) is 15.0. The Morgan fingerprint density at radius 3 is 2.22 bits per heavy atom. The van der Waals surface area contributed by atoms with E-state index < -0.39 is 45.0 Å². The van der Waals surface area contributed by atoms with Crippen LogP contribution in [0, 0.1) is 0 Å². The van der Waals surface area contributed by atoms with Crippen LogP contribution in [0.15, 0.2) is 0 Å². The van der Waals surface area contributed by atoms with Crippen molar-refractivity contribution >= 4 is 14.3 Å². The van der Waals surface area contributed by atoms with E-state index in [1.165, 1.54) is 14.0 Å². The van der Waals surface area contributed by atoms with E-state index in [0.717, 1.165) is 0 Å². The van der Waals surface area contributed by atoms with Crippen LogP contribution in [0.25, 0.3) is 0 Å². The fraction of sp³-hybridized carbons (Fsp3) is 0.933. The number of carbonyl (C=O) groups excluding carboxylic acids is 1. The van der Waals surface area contributed by atoms with Gasteiger partial charge in [0.25, 0.3) is 0 Å². The lowest BCUT2D eigenvalue weighted by molar-refractivity contribution is -0.296. The molecule has 1 heterocycles. The highest BCUT2D eigenvalue weighted by molar-refractivity contribution is 6.74. The zero-order valence-corrected chi connectivity index (χ0v) is 16.0. The van der Waals surface area contributed by atoms with E-state index in [9.17, 15) is 15.0 Å². The van der Waals surface area contributed by atoms with Gasteiger partial charge in [-0.25, -0.2) is 0 Å². The highest BCUT2D eigenvalue weighted by Crippen LogP contribution is 2.37. The van der Waals surface area contributed by atoms with E-state index in [1.807, 2.05) is 0 Å². The molecule has 23 heavy (non-hydrogen) atoms. The second-order valence-corrected chi connectivity index (χ2v) is 12.2. The van der Waals surface area contributed by atoms with Crippen molar-refractivity contribution < 1.29 is 33.6 Å². The quantitative estimate of drug-likeness (QED) is 0.565. The monoisotopic (exact) mass is 350 g/mol. The van der Waals surface area contributed by atoms with E-state index in [1.54, 1.807) is 0 Å². The maximum absolute atomic E-state index is 11.3. The summed E-state index contributed by atoms with van der Waals surface area (Å²) in [5.41, 5.74) is 0. The molecule has 136 valence electrons. The van der Waals surface area contributed by atoms with E-state index in [-0.39, 0.29) is 11.6 Å². The van der Waals surface area contributed by atoms with Crippen LogP contribution in [-0.2, 0) is 23.4 Å². The second kappa shape index (κ2) is 7.58. The molecule has 0 amide bonds. The molecule has 0 aliphatic carbocycles. The molecule has 0 unspecified atom stereocenters. The Morgan fingerprint density at radius 1 is 1.22 bits per heavy atom. The van der Waals surface area contributed by atoms with Crippen molar-refractivity contribution in [1.82, 2.24) is 0 Å². The van der Waals surface area contributed by atoms with Gasteiger partial charge < -0.3 is 28.8 Å². The van der Waals surface area contributed by atoms with Crippen molar-refractivity contribution in [3.05, 3.63) is 0 Å². The summed E-state index contributed by atoms with van der Waals surface area (Å²) in [4.78, 5) is 11.3. The minimum atomic E-state index is -2.04. The number of hydrogen-bond acceptors (Lipinski definition) is 7. The van der Waals surface area contributed by atoms with Gasteiger partial charge in [0, 0.05) is 14.0 Å². The van der Waals surface area contributed by atoms with Crippen molar-refractivity contribution in [3.63, 3.8) is 0 Å². The summed E-state index contributed by atoms with van der Waals surface area (Å²) in [6.45, 7) is 11.9. The average Bonchev–Trinajstić information content (AvgIpc) is 2.41. The highest BCUT2D eigenvalue weighted by Gasteiger charge is 2.48. The standard InChI is InChI=1S/C15H30O7Si/c1-9(16)21-13-10(8-20-23(6,7)15(2,3)4)22-14(19-5)12(18)11(13)17/h10-14,17-18H,8H2,1-7H3/t10-,11-,12-,13+,14+/m1/s1. The first-order valence-electron chi connectivity index (χ1n) is 7.76. The summed E-state index contributed by atoms with van der Waals surface area (Å²) in [5.74, 6) is -0.557. The summed E-state index contributed by atoms with van der Waals surface area (Å²) < 4.78 is 21.9. The van der Waals surface area contributed by atoms with Crippen LogP contribution in [0.2, 0.25) is 18.1 Å². The Balaban J connectivity index is 2.88. The predicted molar refractivity (Wildman–Crippen MR) is 86.4 cm³/mol. The molecule has 0 bridgehead atoms. The van der Waals surface area contributed by atoms with E-state index in [0.29, 0.717) is 0 Å². The van der Waals surface area contributed by atoms with Crippen molar-refractivity contribution in [3.8, 4) is 0 Å². The molecule has 1 aliphatic heterocycles. The molecule has 1 fully saturated rings. The van der Waals surface area contributed by atoms with Gasteiger partial charge in [0.15, 0.2) is 20.7 Å². The number of methoxy groups -OCH3 is 1. The Kier molecular flexibility index (Phi) is 6.77. The van der Waals surface area contributed by atoms with Crippen LogP contribution in [-0.4, -0.2) is 68.9 Å². The number of rotatable bonds is 5. The molecule has 0 saturated carbocycles. The van der Waals surface area contributed by atoms with Crippen LogP contribution in [0.4, 0.5) is 0 Å². The minimum absolute atomic E-state index is 0.0113. The first kappa shape index (κ1) is 20.5. The lowest BCUT2D eigenvalue weighted by atomic mass is 9.99. The molecule has 8 heteroatoms. The summed E-state index contributed by atoms with van der Waals surface area (Å²) in [5, 5.41) is 20.2. The molecule has 5 atom stereocenters. The molecule has 7 nitrogen and oxygen atoms in total. The number of ether oxygens (including phenoxy) is 3. The average molecular weight is 350 g/mol. The molecule has 1 rings (SSSR count). The lowest BCUT2D eigenvalue weighted by Crippen LogP contribution is -2.61. The van der Waals surface area contributed by atoms with Gasteiger partial charge in [-0.15, -0.1) is 0 Å². The predicted octanol–water partition coefficient (Wildman–Crippen LogP) is 1.03. The number of hydrogen-bond donors (Lipinski definition) is 2. The van der Waals surface area contributed by atoms with Gasteiger partial charge in [-0.2, -0.15) is 0 Å². The molecule has 0 radical (unpaired) electrons. The Labute approximate surface area is 139 Å². The number of carbonyl (C=O) groups is 1. The van der Waals surface area contributed by atoms with Crippen molar-refractivity contribution in [2.75, 3.05) is 13.7 Å². The smallest absolute Gasteiger partial charge is 0.303 e. The number of esters is 1. The van der Waals surface area contributed by atoms with Crippen LogP contribution in [0.1, 0.15) is 27.7 Å². The maximum atomic E-state index is 11.3. The van der Waals surface area contributed by atoms with Gasteiger partial charge in [-0.1, -0.05) is 20.8 Å². The highest BCUT2D eigenvalue weighted by atomic mass is 28.4. The van der Waals surface area contributed by atoms with Crippen molar-refractivity contribution in [1.29, 1.82) is 0 Å². The summed E-state index contributed by atoms with van der Waals surface area (Å²) in [6.07, 6.45) is -5.31. The molecule has 0 spiro atoms. The maximum Gasteiger partial charge on any atom is 0.303 e. The van der Waals surface area contributed by atoms with Gasteiger partial charge in [-0.05, 0) is 18.1 Å². The Hall–Kier alpha value is -0.513. The molecule has 0 aromatic rings. The normalized spacial score (nSPS) is 32.7. The molecule has 1 saturated heterocycles. The third-order valence-electron chi connectivity index (χ3n) is 4.59. The minimum Gasteiger partial charge on any atom is -0.457 e. The lowest BCUT2D eigenvalue weighted by Gasteiger charge is -2.43. The summed E-state index contributed by atoms with van der Waals surface area (Å²) in [7, 11) is -0.662. The summed E-state index contributed by atoms with van der Waals surface area (Å²) >= 11 is 0. The van der Waals surface area contributed by atoms with Crippen LogP contribution < -0.4 is 0 Å². The third kappa shape index (κ3) is 4.98. The molecular formula is C15H30O7Si. The van der Waals surface area contributed by atoms with Crippen LogP contribution >= 0.6 is 0 Å². The van der Waals surface area contributed by atoms with Gasteiger partial charge >= 0.3 is 5.97 Å². The summed E-state index contributed by atoms with van der Waals surface area (Å²) in [6, 6.07) is 0. The molecule has 2 N–H and O–H groups in total. The van der Waals surface area contributed by atoms with E-state index in [2.05, 4.69) is 33.9 Å². The van der Waals surface area contributed by atoms with Gasteiger partial charge in [0.2, 0.25) is 0 Å². The fourth-order valence-corrected chi connectivity index (χ4v) is 3.09. The van der Waals surface area contributed by atoms with Gasteiger partial charge in [0.1, 0.15) is 18.3 Å². The van der Waals surface area contributed by atoms with Gasteiger partial charge in [0.05, 0.1) is 6.61 Å². The van der Waals surface area contributed by atoms with Crippen LogP contribution in [0.5, 0.6) is 0 Å².